The van der Waals surface area contributed by atoms with E-state index in [0.717, 1.165) is 38.0 Å². The average molecular weight is 308 g/mol. The summed E-state index contributed by atoms with van der Waals surface area (Å²) in [6.45, 7) is 4.33. The fourth-order valence-electron chi connectivity index (χ4n) is 2.47. The molecule has 4 heteroatoms. The van der Waals surface area contributed by atoms with Gasteiger partial charge in [-0.2, -0.15) is 0 Å². The van der Waals surface area contributed by atoms with E-state index in [0.29, 0.717) is 11.6 Å². The number of hydrogen-bond donors (Lipinski definition) is 0. The Bertz CT molecular complexity index is 495. The van der Waals surface area contributed by atoms with Crippen LogP contribution in [0.25, 0.3) is 6.08 Å². The summed E-state index contributed by atoms with van der Waals surface area (Å²) in [6, 6.07) is 7.51. The molecule has 0 aliphatic carbocycles. The quantitative estimate of drug-likeness (QED) is 0.749. The molecular formula is C17H22ClNO2. The monoisotopic (exact) mass is 307 g/mol. The van der Waals surface area contributed by atoms with Gasteiger partial charge >= 0.3 is 0 Å². The van der Waals surface area contributed by atoms with Crippen LogP contribution in [0.3, 0.4) is 0 Å². The number of benzene rings is 1. The van der Waals surface area contributed by atoms with Gasteiger partial charge in [0.1, 0.15) is 0 Å². The minimum atomic E-state index is 0.0206. The molecule has 1 aliphatic rings. The van der Waals surface area contributed by atoms with Crippen molar-refractivity contribution >= 4 is 23.6 Å². The molecule has 0 bridgehead atoms. The lowest BCUT2D eigenvalue weighted by atomic mass is 10.2. The van der Waals surface area contributed by atoms with Gasteiger partial charge in [0.15, 0.2) is 0 Å². The molecule has 0 radical (unpaired) electrons. The topological polar surface area (TPSA) is 29.5 Å². The van der Waals surface area contributed by atoms with Crippen LogP contribution in [0.5, 0.6) is 0 Å². The van der Waals surface area contributed by atoms with Crippen molar-refractivity contribution in [3.05, 3.63) is 40.9 Å². The van der Waals surface area contributed by atoms with E-state index in [4.69, 9.17) is 16.3 Å². The number of halogens is 1. The summed E-state index contributed by atoms with van der Waals surface area (Å²) in [7, 11) is 0. The molecule has 2 rings (SSSR count). The highest BCUT2D eigenvalue weighted by Crippen LogP contribution is 2.17. The second-order valence-corrected chi connectivity index (χ2v) is 5.68. The standard InChI is InChI=1S/C17H22ClNO2/c1-2-11-19(13-15-7-5-12-21-15)17(20)10-9-14-6-3-4-8-16(14)18/h3-4,6,8-10,15H,2,5,7,11-13H2,1H3/b10-9+. The molecule has 1 aromatic rings. The molecule has 1 aliphatic heterocycles. The molecule has 1 fully saturated rings. The number of carbonyl (C=O) groups is 1. The number of hydrogen-bond acceptors (Lipinski definition) is 2. The zero-order valence-corrected chi connectivity index (χ0v) is 13.2. The predicted molar refractivity (Wildman–Crippen MR) is 86.3 cm³/mol. The molecule has 1 unspecified atom stereocenters. The van der Waals surface area contributed by atoms with Gasteiger partial charge in [0.2, 0.25) is 5.91 Å². The second-order valence-electron chi connectivity index (χ2n) is 5.27. The smallest absolute Gasteiger partial charge is 0.246 e. The average Bonchev–Trinajstić information content (AvgIpc) is 2.99. The van der Waals surface area contributed by atoms with E-state index in [2.05, 4.69) is 6.92 Å². The lowest BCUT2D eigenvalue weighted by molar-refractivity contribution is -0.127. The van der Waals surface area contributed by atoms with Crippen LogP contribution in [0.2, 0.25) is 5.02 Å². The van der Waals surface area contributed by atoms with Gasteiger partial charge in [0.25, 0.3) is 0 Å². The Kier molecular flexibility index (Phi) is 6.27. The van der Waals surface area contributed by atoms with Crippen molar-refractivity contribution in [2.45, 2.75) is 32.3 Å². The van der Waals surface area contributed by atoms with Crippen LogP contribution < -0.4 is 0 Å². The first kappa shape index (κ1) is 16.1. The largest absolute Gasteiger partial charge is 0.376 e. The van der Waals surface area contributed by atoms with Gasteiger partial charge in [-0.25, -0.2) is 0 Å². The molecule has 0 aromatic heterocycles. The van der Waals surface area contributed by atoms with Gasteiger partial charge in [-0.15, -0.1) is 0 Å². The number of nitrogens with zero attached hydrogens (tertiary/aromatic N) is 1. The van der Waals surface area contributed by atoms with Crippen molar-refractivity contribution in [1.29, 1.82) is 0 Å². The number of amides is 1. The van der Waals surface area contributed by atoms with Crippen LogP contribution in [0.15, 0.2) is 30.3 Å². The molecule has 1 aromatic carbocycles. The maximum Gasteiger partial charge on any atom is 0.246 e. The van der Waals surface area contributed by atoms with E-state index < -0.39 is 0 Å². The highest BCUT2D eigenvalue weighted by Gasteiger charge is 2.20. The molecule has 0 saturated carbocycles. The first-order chi connectivity index (χ1) is 10.2. The highest BCUT2D eigenvalue weighted by molar-refractivity contribution is 6.32. The first-order valence-electron chi connectivity index (χ1n) is 7.54. The Hall–Kier alpha value is -1.32. The van der Waals surface area contributed by atoms with Crippen molar-refractivity contribution in [2.75, 3.05) is 19.7 Å². The summed E-state index contributed by atoms with van der Waals surface area (Å²) in [5, 5.41) is 0.655. The molecule has 1 saturated heterocycles. The fraction of sp³-hybridized carbons (Fsp3) is 0.471. The molecule has 1 heterocycles. The van der Waals surface area contributed by atoms with Crippen molar-refractivity contribution in [3.63, 3.8) is 0 Å². The number of carbonyl (C=O) groups excluding carboxylic acids is 1. The van der Waals surface area contributed by atoms with E-state index in [1.807, 2.05) is 29.2 Å². The van der Waals surface area contributed by atoms with Crippen molar-refractivity contribution in [2.24, 2.45) is 0 Å². The maximum atomic E-state index is 12.3. The van der Waals surface area contributed by atoms with Crippen LogP contribution in [-0.4, -0.2) is 36.6 Å². The van der Waals surface area contributed by atoms with Crippen LogP contribution in [0, 0.1) is 0 Å². The summed E-state index contributed by atoms with van der Waals surface area (Å²) < 4.78 is 5.62. The molecular weight excluding hydrogens is 286 g/mol. The minimum absolute atomic E-state index is 0.0206. The molecule has 114 valence electrons. The van der Waals surface area contributed by atoms with Gasteiger partial charge in [-0.3, -0.25) is 4.79 Å². The van der Waals surface area contributed by atoms with Crippen LogP contribution in [-0.2, 0) is 9.53 Å². The second kappa shape index (κ2) is 8.20. The van der Waals surface area contributed by atoms with E-state index >= 15 is 0 Å². The molecule has 0 N–H and O–H groups in total. The molecule has 0 spiro atoms. The maximum absolute atomic E-state index is 12.3. The van der Waals surface area contributed by atoms with Gasteiger partial charge in [-0.1, -0.05) is 36.7 Å². The predicted octanol–water partition coefficient (Wildman–Crippen LogP) is 3.77. The minimum Gasteiger partial charge on any atom is -0.376 e. The fourth-order valence-corrected chi connectivity index (χ4v) is 2.67. The van der Waals surface area contributed by atoms with Crippen LogP contribution >= 0.6 is 11.6 Å². The van der Waals surface area contributed by atoms with Gasteiger partial charge in [0, 0.05) is 30.8 Å². The molecule has 21 heavy (non-hydrogen) atoms. The Balaban J connectivity index is 1.98. The Morgan fingerprint density at radius 2 is 2.29 bits per heavy atom. The highest BCUT2D eigenvalue weighted by atomic mass is 35.5. The van der Waals surface area contributed by atoms with Crippen molar-refractivity contribution in [3.8, 4) is 0 Å². The Morgan fingerprint density at radius 3 is 2.95 bits per heavy atom. The van der Waals surface area contributed by atoms with Crippen molar-refractivity contribution < 1.29 is 9.53 Å². The lowest BCUT2D eigenvalue weighted by Crippen LogP contribution is -2.36. The van der Waals surface area contributed by atoms with Crippen molar-refractivity contribution in [1.82, 2.24) is 4.90 Å². The Labute approximate surface area is 131 Å². The summed E-state index contributed by atoms with van der Waals surface area (Å²) in [5.74, 6) is 0.0206. The number of rotatable bonds is 6. The third-order valence-corrected chi connectivity index (χ3v) is 3.91. The zero-order valence-electron chi connectivity index (χ0n) is 12.4. The first-order valence-corrected chi connectivity index (χ1v) is 7.91. The normalized spacial score (nSPS) is 18.3. The summed E-state index contributed by atoms with van der Waals surface area (Å²) >= 11 is 6.09. The third kappa shape index (κ3) is 4.87. The van der Waals surface area contributed by atoms with E-state index in [-0.39, 0.29) is 12.0 Å². The summed E-state index contributed by atoms with van der Waals surface area (Å²) in [5.41, 5.74) is 0.862. The SMILES string of the molecule is CCCN(CC1CCCO1)C(=O)/C=C/c1ccccc1Cl. The summed E-state index contributed by atoms with van der Waals surface area (Å²) in [6.07, 6.45) is 6.65. The van der Waals surface area contributed by atoms with Gasteiger partial charge < -0.3 is 9.64 Å². The molecule has 1 atom stereocenters. The number of ether oxygens (including phenoxy) is 1. The van der Waals surface area contributed by atoms with E-state index in [9.17, 15) is 4.79 Å². The molecule has 3 nitrogen and oxygen atoms in total. The van der Waals surface area contributed by atoms with Gasteiger partial charge in [-0.05, 0) is 37.0 Å². The van der Waals surface area contributed by atoms with E-state index in [1.165, 1.54) is 0 Å². The molecule has 1 amide bonds. The van der Waals surface area contributed by atoms with Crippen LogP contribution in [0.1, 0.15) is 31.7 Å². The Morgan fingerprint density at radius 1 is 1.48 bits per heavy atom. The lowest BCUT2D eigenvalue weighted by Gasteiger charge is -2.23. The van der Waals surface area contributed by atoms with Gasteiger partial charge in [0.05, 0.1) is 6.10 Å². The zero-order chi connectivity index (χ0) is 15.1. The summed E-state index contributed by atoms with van der Waals surface area (Å²) in [4.78, 5) is 14.2. The third-order valence-electron chi connectivity index (χ3n) is 3.56. The van der Waals surface area contributed by atoms with E-state index in [1.54, 1.807) is 12.2 Å². The van der Waals surface area contributed by atoms with Crippen LogP contribution in [0.4, 0.5) is 0 Å².